The van der Waals surface area contributed by atoms with E-state index in [1.165, 1.54) is 11.1 Å². The van der Waals surface area contributed by atoms with E-state index in [1.54, 1.807) is 5.57 Å². The molecule has 4 aliphatic carbocycles. The minimum Gasteiger partial charge on any atom is -0.0983 e. The molecule has 0 aromatic heterocycles. The van der Waals surface area contributed by atoms with Crippen LogP contribution in [-0.2, 0) is 0 Å². The minimum absolute atomic E-state index is 0.123. The highest BCUT2D eigenvalue weighted by atomic mass is 14.8. The molecule has 13 heavy (non-hydrogen) atoms. The van der Waals surface area contributed by atoms with Gasteiger partial charge in [0.2, 0.25) is 0 Å². The van der Waals surface area contributed by atoms with Gasteiger partial charge in [0.1, 0.15) is 0 Å². The predicted molar refractivity (Wildman–Crippen MR) is 55.2 cm³/mol. The number of rotatable bonds is 0. The summed E-state index contributed by atoms with van der Waals surface area (Å²) in [6.45, 7) is 15.4. The lowest BCUT2D eigenvalue weighted by Gasteiger charge is -2.36. The fraction of sp³-hybridized carbons (Fsp3) is 0.538. The first-order valence-electron chi connectivity index (χ1n) is 5.02. The van der Waals surface area contributed by atoms with Crippen LogP contribution in [-0.4, -0.2) is 0 Å². The molecular formula is C13H16. The summed E-state index contributed by atoms with van der Waals surface area (Å²) >= 11 is 0. The van der Waals surface area contributed by atoms with Crippen molar-refractivity contribution in [3.05, 3.63) is 36.0 Å². The van der Waals surface area contributed by atoms with Gasteiger partial charge < -0.3 is 0 Å². The van der Waals surface area contributed by atoms with Gasteiger partial charge in [-0.1, -0.05) is 42.9 Å². The van der Waals surface area contributed by atoms with E-state index < -0.39 is 0 Å². The van der Waals surface area contributed by atoms with E-state index in [0.717, 1.165) is 11.8 Å². The third-order valence-electron chi connectivity index (χ3n) is 4.84. The summed E-state index contributed by atoms with van der Waals surface area (Å²) in [6, 6.07) is 0. The Morgan fingerprint density at radius 1 is 1.23 bits per heavy atom. The molecule has 0 heterocycles. The van der Waals surface area contributed by atoms with Crippen molar-refractivity contribution in [2.45, 2.75) is 20.8 Å². The standard InChI is InChI=1S/C13H16/c1-7-6-12(4)8(2)11-10(7)13(11,5)9(12)3/h6,10-11H,2-3H2,1,4-5H3. The van der Waals surface area contributed by atoms with Gasteiger partial charge in [0.15, 0.2) is 0 Å². The van der Waals surface area contributed by atoms with Gasteiger partial charge in [0.05, 0.1) is 0 Å². The van der Waals surface area contributed by atoms with Gasteiger partial charge in [0, 0.05) is 10.8 Å². The number of hydrogen-bond donors (Lipinski definition) is 0. The lowest BCUT2D eigenvalue weighted by atomic mass is 9.68. The Bertz CT molecular complexity index is 385. The highest BCUT2D eigenvalue weighted by molar-refractivity contribution is 5.61. The van der Waals surface area contributed by atoms with Crippen LogP contribution in [0, 0.1) is 22.7 Å². The molecule has 0 nitrogen and oxygen atoms in total. The lowest BCUT2D eigenvalue weighted by Crippen LogP contribution is -2.25. The summed E-state index contributed by atoms with van der Waals surface area (Å²) < 4.78 is 0. The molecule has 4 unspecified atom stereocenters. The SMILES string of the molecule is C=C1C2C3C(C)=CC1(C)C(=C)C23C. The third-order valence-corrected chi connectivity index (χ3v) is 4.84. The van der Waals surface area contributed by atoms with Gasteiger partial charge in [-0.3, -0.25) is 0 Å². The highest BCUT2D eigenvalue weighted by Crippen LogP contribution is 2.82. The molecule has 2 saturated carbocycles. The summed E-state index contributed by atoms with van der Waals surface area (Å²) in [5.74, 6) is 1.46. The normalized spacial score (nSPS) is 56.7. The maximum Gasteiger partial charge on any atom is 0.0278 e. The second-order valence-electron chi connectivity index (χ2n) is 5.33. The second-order valence-corrected chi connectivity index (χ2v) is 5.33. The number of allylic oxidation sites excluding steroid dienone is 4. The van der Waals surface area contributed by atoms with Crippen molar-refractivity contribution in [1.82, 2.24) is 0 Å². The van der Waals surface area contributed by atoms with Gasteiger partial charge in [-0.05, 0) is 25.7 Å². The molecule has 4 rings (SSSR count). The summed E-state index contributed by atoms with van der Waals surface area (Å²) in [5, 5.41) is 0. The van der Waals surface area contributed by atoms with Crippen molar-refractivity contribution >= 4 is 0 Å². The monoisotopic (exact) mass is 172 g/mol. The van der Waals surface area contributed by atoms with Crippen molar-refractivity contribution in [2.24, 2.45) is 22.7 Å². The molecule has 0 radical (unpaired) electrons. The lowest BCUT2D eigenvalue weighted by molar-refractivity contribution is 0.486. The van der Waals surface area contributed by atoms with Crippen molar-refractivity contribution in [3.63, 3.8) is 0 Å². The quantitative estimate of drug-likeness (QED) is 0.492. The molecule has 0 aliphatic heterocycles. The zero-order valence-corrected chi connectivity index (χ0v) is 8.65. The van der Waals surface area contributed by atoms with E-state index >= 15 is 0 Å². The summed E-state index contributed by atoms with van der Waals surface area (Å²) in [6.07, 6.45) is 2.38. The van der Waals surface area contributed by atoms with Crippen LogP contribution in [0.15, 0.2) is 36.0 Å². The number of hydrogen-bond acceptors (Lipinski definition) is 0. The third kappa shape index (κ3) is 0.488. The van der Waals surface area contributed by atoms with Crippen LogP contribution in [0.25, 0.3) is 0 Å². The van der Waals surface area contributed by atoms with Gasteiger partial charge >= 0.3 is 0 Å². The first kappa shape index (κ1) is 7.61. The molecule has 0 amide bonds. The maximum atomic E-state index is 4.28. The highest BCUT2D eigenvalue weighted by Gasteiger charge is 2.75. The first-order chi connectivity index (χ1) is 5.94. The van der Waals surface area contributed by atoms with E-state index in [1.807, 2.05) is 0 Å². The Labute approximate surface area is 80.0 Å². The predicted octanol–water partition coefficient (Wildman–Crippen LogP) is 3.33. The van der Waals surface area contributed by atoms with Gasteiger partial charge in [0.25, 0.3) is 0 Å². The summed E-state index contributed by atoms with van der Waals surface area (Å²) in [7, 11) is 0. The van der Waals surface area contributed by atoms with E-state index in [9.17, 15) is 0 Å². The van der Waals surface area contributed by atoms with Gasteiger partial charge in [-0.2, -0.15) is 0 Å². The Balaban J connectivity index is 2.33. The van der Waals surface area contributed by atoms with Crippen LogP contribution in [0.5, 0.6) is 0 Å². The van der Waals surface area contributed by atoms with Crippen LogP contribution >= 0.6 is 0 Å². The van der Waals surface area contributed by atoms with Crippen molar-refractivity contribution in [1.29, 1.82) is 0 Å². The summed E-state index contributed by atoms with van der Waals surface area (Å²) in [4.78, 5) is 0. The molecule has 0 aromatic carbocycles. The Kier molecular flexibility index (Phi) is 0.926. The largest absolute Gasteiger partial charge is 0.0983 e. The van der Waals surface area contributed by atoms with Crippen molar-refractivity contribution in [3.8, 4) is 0 Å². The molecule has 2 fully saturated rings. The van der Waals surface area contributed by atoms with E-state index in [4.69, 9.17) is 0 Å². The molecule has 4 aliphatic rings. The zero-order valence-electron chi connectivity index (χ0n) is 8.65. The zero-order chi connectivity index (χ0) is 9.59. The van der Waals surface area contributed by atoms with Crippen molar-refractivity contribution in [2.75, 3.05) is 0 Å². The second kappa shape index (κ2) is 1.58. The van der Waals surface area contributed by atoms with E-state index in [-0.39, 0.29) is 5.41 Å². The molecule has 0 heteroatoms. The summed E-state index contributed by atoms with van der Waals surface area (Å²) in [5.41, 5.74) is 4.89. The molecule has 0 saturated heterocycles. The molecule has 0 N–H and O–H groups in total. The van der Waals surface area contributed by atoms with E-state index in [2.05, 4.69) is 40.0 Å². The Morgan fingerprint density at radius 3 is 2.23 bits per heavy atom. The van der Waals surface area contributed by atoms with Gasteiger partial charge in [-0.25, -0.2) is 0 Å². The van der Waals surface area contributed by atoms with Gasteiger partial charge in [-0.15, -0.1) is 0 Å². The maximum absolute atomic E-state index is 4.28. The molecule has 0 spiro atoms. The molecule has 68 valence electrons. The molecular weight excluding hydrogens is 156 g/mol. The van der Waals surface area contributed by atoms with E-state index in [0.29, 0.717) is 5.41 Å². The average Bonchev–Trinajstić information content (AvgIpc) is 2.65. The smallest absolute Gasteiger partial charge is 0.0278 e. The van der Waals surface area contributed by atoms with Crippen LogP contribution < -0.4 is 0 Å². The Morgan fingerprint density at radius 2 is 1.85 bits per heavy atom. The van der Waals surface area contributed by atoms with Crippen molar-refractivity contribution < 1.29 is 0 Å². The fourth-order valence-electron chi connectivity index (χ4n) is 3.99. The van der Waals surface area contributed by atoms with Crippen LogP contribution in [0.4, 0.5) is 0 Å². The molecule has 4 bridgehead atoms. The minimum atomic E-state index is 0.123. The molecule has 4 atom stereocenters. The molecule has 0 aromatic rings. The first-order valence-corrected chi connectivity index (χ1v) is 5.02. The average molecular weight is 172 g/mol. The Hall–Kier alpha value is -0.780. The van der Waals surface area contributed by atoms with Crippen LogP contribution in [0.2, 0.25) is 0 Å². The fourth-order valence-corrected chi connectivity index (χ4v) is 3.99. The van der Waals surface area contributed by atoms with Crippen LogP contribution in [0.3, 0.4) is 0 Å². The van der Waals surface area contributed by atoms with Crippen LogP contribution in [0.1, 0.15) is 20.8 Å². The topological polar surface area (TPSA) is 0 Å².